The van der Waals surface area contributed by atoms with Crippen LogP contribution in [0.5, 0.6) is 0 Å². The number of benzene rings is 2. The van der Waals surface area contributed by atoms with Crippen molar-refractivity contribution in [1.29, 1.82) is 0 Å². The van der Waals surface area contributed by atoms with Gasteiger partial charge in [-0.05, 0) is 30.2 Å². The zero-order chi connectivity index (χ0) is 18.0. The normalized spacial score (nSPS) is 20.1. The molecule has 2 aromatic rings. The van der Waals surface area contributed by atoms with E-state index in [9.17, 15) is 13.2 Å². The number of rotatable bonds is 2. The highest BCUT2D eigenvalue weighted by Gasteiger charge is 2.33. The van der Waals surface area contributed by atoms with Gasteiger partial charge in [0.25, 0.3) is 5.91 Å². The molecule has 1 aliphatic heterocycles. The molecule has 1 aliphatic rings. The first kappa shape index (κ1) is 18.2. The fourth-order valence-corrected chi connectivity index (χ4v) is 5.19. The van der Waals surface area contributed by atoms with Crippen LogP contribution < -0.4 is 0 Å². The quantitative estimate of drug-likeness (QED) is 0.769. The van der Waals surface area contributed by atoms with Crippen LogP contribution in [0.15, 0.2) is 48.5 Å². The Morgan fingerprint density at radius 3 is 2.48 bits per heavy atom. The smallest absolute Gasteiger partial charge is 0.255 e. The molecule has 1 fully saturated rings. The summed E-state index contributed by atoms with van der Waals surface area (Å²) in [6.07, 6.45) is 0.357. The standard InChI is InChI=1S/C18H17Cl2NO3S/c19-14-6-7-16(20)15(12-14)18(22)21-9-8-17(25(23,24)11-10-21)13-4-2-1-3-5-13/h1-7,12,17H,8-11H2. The van der Waals surface area contributed by atoms with Crippen molar-refractivity contribution in [1.82, 2.24) is 4.90 Å². The van der Waals surface area contributed by atoms with Gasteiger partial charge in [0.2, 0.25) is 0 Å². The molecular weight excluding hydrogens is 381 g/mol. The summed E-state index contributed by atoms with van der Waals surface area (Å²) in [5, 5.41) is 0.125. The van der Waals surface area contributed by atoms with Gasteiger partial charge in [-0.3, -0.25) is 4.79 Å². The minimum Gasteiger partial charge on any atom is -0.338 e. The molecule has 25 heavy (non-hydrogen) atoms. The number of nitrogens with zero attached hydrogens (tertiary/aromatic N) is 1. The highest BCUT2D eigenvalue weighted by atomic mass is 35.5. The van der Waals surface area contributed by atoms with Gasteiger partial charge in [0.15, 0.2) is 9.84 Å². The lowest BCUT2D eigenvalue weighted by atomic mass is 10.1. The van der Waals surface area contributed by atoms with Crippen molar-refractivity contribution in [2.45, 2.75) is 11.7 Å². The molecule has 0 N–H and O–H groups in total. The van der Waals surface area contributed by atoms with Crippen LogP contribution in [0, 0.1) is 0 Å². The summed E-state index contributed by atoms with van der Waals surface area (Å²) in [7, 11) is -3.33. The molecule has 0 radical (unpaired) electrons. The summed E-state index contributed by atoms with van der Waals surface area (Å²) in [5.41, 5.74) is 1.06. The van der Waals surface area contributed by atoms with Crippen LogP contribution in [-0.2, 0) is 9.84 Å². The van der Waals surface area contributed by atoms with Crippen molar-refractivity contribution in [3.8, 4) is 0 Å². The largest absolute Gasteiger partial charge is 0.338 e. The van der Waals surface area contributed by atoms with E-state index in [-0.39, 0.29) is 18.2 Å². The van der Waals surface area contributed by atoms with E-state index >= 15 is 0 Å². The summed E-state index contributed by atoms with van der Waals surface area (Å²) >= 11 is 12.1. The molecular formula is C18H17Cl2NO3S. The maximum Gasteiger partial charge on any atom is 0.255 e. The summed E-state index contributed by atoms with van der Waals surface area (Å²) in [5.74, 6) is -0.368. The first-order valence-corrected chi connectivity index (χ1v) is 10.4. The first-order valence-electron chi connectivity index (χ1n) is 7.89. The highest BCUT2D eigenvalue weighted by Crippen LogP contribution is 2.30. The van der Waals surface area contributed by atoms with Crippen LogP contribution in [0.25, 0.3) is 0 Å². The predicted molar refractivity (Wildman–Crippen MR) is 100.0 cm³/mol. The fourth-order valence-electron chi connectivity index (χ4n) is 3.02. The van der Waals surface area contributed by atoms with Crippen LogP contribution in [-0.4, -0.2) is 38.1 Å². The van der Waals surface area contributed by atoms with E-state index in [0.717, 1.165) is 5.56 Å². The van der Waals surface area contributed by atoms with Gasteiger partial charge in [0.05, 0.1) is 21.6 Å². The molecule has 3 rings (SSSR count). The van der Waals surface area contributed by atoms with Gasteiger partial charge >= 0.3 is 0 Å². The molecule has 0 saturated carbocycles. The Balaban J connectivity index is 1.85. The third kappa shape index (κ3) is 4.00. The zero-order valence-corrected chi connectivity index (χ0v) is 15.7. The Bertz CT molecular complexity index is 884. The summed E-state index contributed by atoms with van der Waals surface area (Å²) < 4.78 is 25.3. The van der Waals surface area contributed by atoms with Gasteiger partial charge in [-0.15, -0.1) is 0 Å². The molecule has 0 spiro atoms. The lowest BCUT2D eigenvalue weighted by Crippen LogP contribution is -2.33. The number of hydrogen-bond donors (Lipinski definition) is 0. The van der Waals surface area contributed by atoms with E-state index in [1.807, 2.05) is 30.3 Å². The van der Waals surface area contributed by atoms with Gasteiger partial charge in [-0.25, -0.2) is 8.42 Å². The average Bonchev–Trinajstić information content (AvgIpc) is 2.75. The van der Waals surface area contributed by atoms with Crippen molar-refractivity contribution < 1.29 is 13.2 Å². The Hall–Kier alpha value is -1.56. The van der Waals surface area contributed by atoms with E-state index in [4.69, 9.17) is 23.2 Å². The van der Waals surface area contributed by atoms with Crippen molar-refractivity contribution >= 4 is 38.9 Å². The molecule has 0 aliphatic carbocycles. The summed E-state index contributed by atoms with van der Waals surface area (Å²) in [6, 6.07) is 13.8. The molecule has 1 atom stereocenters. The molecule has 132 valence electrons. The number of hydrogen-bond acceptors (Lipinski definition) is 3. The topological polar surface area (TPSA) is 54.5 Å². The van der Waals surface area contributed by atoms with E-state index in [2.05, 4.69) is 0 Å². The molecule has 1 amide bonds. The number of carbonyl (C=O) groups is 1. The first-order chi connectivity index (χ1) is 11.9. The van der Waals surface area contributed by atoms with Crippen LogP contribution >= 0.6 is 23.2 Å². The molecule has 0 bridgehead atoms. The second kappa shape index (κ2) is 7.36. The maximum atomic E-state index is 12.8. The Labute approximate surface area is 157 Å². The SMILES string of the molecule is O=C(c1cc(Cl)ccc1Cl)N1CCC(c2ccccc2)S(=O)(=O)CC1. The number of carbonyl (C=O) groups excluding carboxylic acids is 1. The minimum atomic E-state index is -3.33. The van der Waals surface area contributed by atoms with E-state index in [1.165, 1.54) is 11.0 Å². The van der Waals surface area contributed by atoms with Crippen molar-refractivity contribution in [2.24, 2.45) is 0 Å². The monoisotopic (exact) mass is 397 g/mol. The third-order valence-electron chi connectivity index (χ3n) is 4.36. The summed E-state index contributed by atoms with van der Waals surface area (Å²) in [6.45, 7) is 0.494. The molecule has 4 nitrogen and oxygen atoms in total. The average molecular weight is 398 g/mol. The predicted octanol–water partition coefficient (Wildman–Crippen LogP) is 4.00. The van der Waals surface area contributed by atoms with Crippen LogP contribution in [0.2, 0.25) is 10.0 Å². The highest BCUT2D eigenvalue weighted by molar-refractivity contribution is 7.91. The number of amides is 1. The maximum absolute atomic E-state index is 12.8. The number of halogens is 2. The lowest BCUT2D eigenvalue weighted by Gasteiger charge is -2.20. The van der Waals surface area contributed by atoms with Crippen molar-refractivity contribution in [3.63, 3.8) is 0 Å². The summed E-state index contributed by atoms with van der Waals surface area (Å²) in [4.78, 5) is 14.3. The minimum absolute atomic E-state index is 0.0729. The van der Waals surface area contributed by atoms with Crippen LogP contribution in [0.4, 0.5) is 0 Å². The third-order valence-corrected chi connectivity index (χ3v) is 7.05. The second-order valence-electron chi connectivity index (χ2n) is 5.97. The van der Waals surface area contributed by atoms with Gasteiger partial charge in [-0.2, -0.15) is 0 Å². The molecule has 1 saturated heterocycles. The Morgan fingerprint density at radius 1 is 1.04 bits per heavy atom. The zero-order valence-electron chi connectivity index (χ0n) is 13.4. The van der Waals surface area contributed by atoms with Gasteiger partial charge < -0.3 is 4.90 Å². The van der Waals surface area contributed by atoms with E-state index in [1.54, 1.807) is 12.1 Å². The lowest BCUT2D eigenvalue weighted by molar-refractivity contribution is 0.0767. The van der Waals surface area contributed by atoms with Gasteiger partial charge in [0, 0.05) is 18.1 Å². The fraction of sp³-hybridized carbons (Fsp3) is 0.278. The second-order valence-corrected chi connectivity index (χ2v) is 9.12. The molecule has 7 heteroatoms. The van der Waals surface area contributed by atoms with Gasteiger partial charge in [0.1, 0.15) is 0 Å². The molecule has 0 aromatic heterocycles. The Kier molecular flexibility index (Phi) is 5.37. The van der Waals surface area contributed by atoms with E-state index in [0.29, 0.717) is 28.6 Å². The van der Waals surface area contributed by atoms with Crippen LogP contribution in [0.1, 0.15) is 27.6 Å². The van der Waals surface area contributed by atoms with Crippen molar-refractivity contribution in [3.05, 3.63) is 69.7 Å². The number of sulfone groups is 1. The Morgan fingerprint density at radius 2 is 1.76 bits per heavy atom. The van der Waals surface area contributed by atoms with Gasteiger partial charge in [-0.1, -0.05) is 53.5 Å². The molecule has 1 unspecified atom stereocenters. The van der Waals surface area contributed by atoms with Crippen LogP contribution in [0.3, 0.4) is 0 Å². The van der Waals surface area contributed by atoms with Crippen molar-refractivity contribution in [2.75, 3.05) is 18.8 Å². The van der Waals surface area contributed by atoms with E-state index < -0.39 is 15.1 Å². The molecule has 1 heterocycles. The molecule has 2 aromatic carbocycles.